The van der Waals surface area contributed by atoms with Crippen molar-refractivity contribution < 1.29 is 26.4 Å². The molecule has 0 aliphatic carbocycles. The Kier molecular flexibility index (Phi) is 5.95. The largest absolute Gasteiger partial charge is 0.537 e. The average molecular weight is 342 g/mol. The molecule has 2 aromatic rings. The van der Waals surface area contributed by atoms with Gasteiger partial charge in [-0.1, -0.05) is 30.3 Å². The fourth-order valence-electron chi connectivity index (χ4n) is 2.12. The van der Waals surface area contributed by atoms with Gasteiger partial charge in [-0.05, 0) is 13.0 Å². The first-order chi connectivity index (χ1) is 11.0. The van der Waals surface area contributed by atoms with E-state index in [0.717, 1.165) is 6.07 Å². The molecular formula is C16H17F3O3Si. The molecule has 23 heavy (non-hydrogen) atoms. The first-order valence-electron chi connectivity index (χ1n) is 7.04. The maximum Gasteiger partial charge on any atom is 0.537 e. The summed E-state index contributed by atoms with van der Waals surface area (Å²) in [4.78, 5) is 0. The molecule has 0 fully saturated rings. The molecule has 2 aromatic carbocycles. The van der Waals surface area contributed by atoms with Gasteiger partial charge in [-0.3, -0.25) is 0 Å². The first kappa shape index (κ1) is 17.7. The van der Waals surface area contributed by atoms with Gasteiger partial charge in [0.1, 0.15) is 5.82 Å². The summed E-state index contributed by atoms with van der Waals surface area (Å²) in [5, 5.41) is 0.701. The minimum absolute atomic E-state index is 0.103. The molecule has 0 N–H and O–H groups in total. The van der Waals surface area contributed by atoms with Crippen LogP contribution in [0.5, 0.6) is 0 Å². The van der Waals surface area contributed by atoms with E-state index in [1.165, 1.54) is 7.11 Å². The molecule has 0 aromatic heterocycles. The summed E-state index contributed by atoms with van der Waals surface area (Å²) < 4.78 is 56.9. The molecule has 7 heteroatoms. The third-order valence-corrected chi connectivity index (χ3v) is 6.01. The molecule has 0 radical (unpaired) electrons. The number of halogens is 3. The molecule has 0 saturated heterocycles. The normalized spacial score (nSPS) is 13.8. The second-order valence-corrected chi connectivity index (χ2v) is 7.38. The minimum atomic E-state index is -3.27. The summed E-state index contributed by atoms with van der Waals surface area (Å²) in [6, 6.07) is 10.3. The average Bonchev–Trinajstić information content (AvgIpc) is 2.56. The van der Waals surface area contributed by atoms with Crippen molar-refractivity contribution in [1.29, 1.82) is 0 Å². The predicted molar refractivity (Wildman–Crippen MR) is 81.6 cm³/mol. The lowest BCUT2D eigenvalue weighted by Crippen LogP contribution is -2.56. The highest BCUT2D eigenvalue weighted by Gasteiger charge is 2.42. The molecule has 2 rings (SSSR count). The maximum absolute atomic E-state index is 13.7. The van der Waals surface area contributed by atoms with Gasteiger partial charge >= 0.3 is 8.80 Å². The van der Waals surface area contributed by atoms with E-state index in [2.05, 4.69) is 0 Å². The van der Waals surface area contributed by atoms with E-state index < -0.39 is 26.3 Å². The van der Waals surface area contributed by atoms with Gasteiger partial charge < -0.3 is 13.3 Å². The number of benzene rings is 2. The van der Waals surface area contributed by atoms with Crippen molar-refractivity contribution in [3.63, 3.8) is 0 Å². The van der Waals surface area contributed by atoms with E-state index in [9.17, 15) is 13.2 Å². The molecule has 0 spiro atoms. The van der Waals surface area contributed by atoms with Crippen LogP contribution in [0.15, 0.2) is 42.5 Å². The third kappa shape index (κ3) is 4.00. The van der Waals surface area contributed by atoms with Crippen LogP contribution in [0.4, 0.5) is 13.2 Å². The van der Waals surface area contributed by atoms with Gasteiger partial charge in [0.05, 0.1) is 6.61 Å². The lowest BCUT2D eigenvalue weighted by molar-refractivity contribution is 0.0891. The molecule has 0 aliphatic heterocycles. The van der Waals surface area contributed by atoms with Gasteiger partial charge in [0.25, 0.3) is 0 Å². The van der Waals surface area contributed by atoms with Gasteiger partial charge in [0.15, 0.2) is 11.6 Å². The smallest absolute Gasteiger partial charge is 0.373 e. The predicted octanol–water partition coefficient (Wildman–Crippen LogP) is 3.15. The lowest BCUT2D eigenvalue weighted by Gasteiger charge is -2.28. The molecular weight excluding hydrogens is 325 g/mol. The molecule has 0 bridgehead atoms. The summed E-state index contributed by atoms with van der Waals surface area (Å²) in [7, 11) is -1.82. The SMILES string of the molecule is CCO[Si](OC)(OCc1cc(F)c(F)cc1F)c1ccccc1. The molecule has 0 saturated carbocycles. The second-order valence-electron chi connectivity index (χ2n) is 4.71. The highest BCUT2D eigenvalue weighted by atomic mass is 28.4. The summed E-state index contributed by atoms with van der Waals surface area (Å²) in [5.41, 5.74) is -0.103. The summed E-state index contributed by atoms with van der Waals surface area (Å²) >= 11 is 0. The van der Waals surface area contributed by atoms with E-state index in [0.29, 0.717) is 17.9 Å². The van der Waals surface area contributed by atoms with E-state index in [-0.39, 0.29) is 12.2 Å². The van der Waals surface area contributed by atoms with Crippen molar-refractivity contribution in [1.82, 2.24) is 0 Å². The van der Waals surface area contributed by atoms with Crippen LogP contribution in [-0.2, 0) is 19.9 Å². The standard InChI is InChI=1S/C16H17F3O3Si/c1-3-21-23(20-2,13-7-5-4-6-8-13)22-11-12-9-15(18)16(19)10-14(12)17/h4-10H,3,11H2,1-2H3. The van der Waals surface area contributed by atoms with Gasteiger partial charge in [-0.25, -0.2) is 13.2 Å². The van der Waals surface area contributed by atoms with Crippen LogP contribution in [0.3, 0.4) is 0 Å². The molecule has 124 valence electrons. The molecule has 1 atom stereocenters. The highest BCUT2D eigenvalue weighted by Crippen LogP contribution is 2.18. The molecule has 1 unspecified atom stereocenters. The molecule has 0 amide bonds. The number of hydrogen-bond donors (Lipinski definition) is 0. The third-order valence-electron chi connectivity index (χ3n) is 3.24. The molecule has 3 nitrogen and oxygen atoms in total. The Balaban J connectivity index is 2.27. The fourth-order valence-corrected chi connectivity index (χ4v) is 4.34. The lowest BCUT2D eigenvalue weighted by atomic mass is 10.2. The van der Waals surface area contributed by atoms with Crippen LogP contribution < -0.4 is 5.19 Å². The zero-order valence-electron chi connectivity index (χ0n) is 12.8. The van der Waals surface area contributed by atoms with Crippen LogP contribution in [0.25, 0.3) is 0 Å². The van der Waals surface area contributed by atoms with Crippen molar-refractivity contribution >= 4 is 14.0 Å². The molecule has 0 heterocycles. The van der Waals surface area contributed by atoms with E-state index in [4.69, 9.17) is 13.3 Å². The Morgan fingerprint density at radius 3 is 2.17 bits per heavy atom. The Morgan fingerprint density at radius 2 is 1.57 bits per heavy atom. The Morgan fingerprint density at radius 1 is 0.913 bits per heavy atom. The Hall–Kier alpha value is -1.67. The Labute approximate surface area is 134 Å². The summed E-state index contributed by atoms with van der Waals surface area (Å²) in [5.74, 6) is -3.26. The van der Waals surface area contributed by atoms with Gasteiger partial charge in [-0.15, -0.1) is 0 Å². The van der Waals surface area contributed by atoms with Crippen molar-refractivity contribution in [3.8, 4) is 0 Å². The highest BCUT2D eigenvalue weighted by molar-refractivity contribution is 6.75. The first-order valence-corrected chi connectivity index (χ1v) is 8.77. The van der Waals surface area contributed by atoms with Crippen LogP contribution in [0.2, 0.25) is 0 Å². The van der Waals surface area contributed by atoms with E-state index >= 15 is 0 Å². The fraction of sp³-hybridized carbons (Fsp3) is 0.250. The van der Waals surface area contributed by atoms with Gasteiger partial charge in [-0.2, -0.15) is 0 Å². The van der Waals surface area contributed by atoms with Crippen molar-refractivity contribution in [2.75, 3.05) is 13.7 Å². The molecule has 0 aliphatic rings. The number of rotatable bonds is 7. The Bertz CT molecular complexity index is 655. The van der Waals surface area contributed by atoms with Crippen molar-refractivity contribution in [2.24, 2.45) is 0 Å². The van der Waals surface area contributed by atoms with E-state index in [1.807, 2.05) is 6.07 Å². The quantitative estimate of drug-likeness (QED) is 0.571. The van der Waals surface area contributed by atoms with Crippen LogP contribution in [-0.4, -0.2) is 22.5 Å². The second kappa shape index (κ2) is 7.74. The van der Waals surface area contributed by atoms with Crippen LogP contribution in [0, 0.1) is 17.5 Å². The maximum atomic E-state index is 13.7. The monoisotopic (exact) mass is 342 g/mol. The van der Waals surface area contributed by atoms with Crippen LogP contribution in [0.1, 0.15) is 12.5 Å². The van der Waals surface area contributed by atoms with Crippen molar-refractivity contribution in [2.45, 2.75) is 13.5 Å². The topological polar surface area (TPSA) is 27.7 Å². The van der Waals surface area contributed by atoms with Crippen LogP contribution >= 0.6 is 0 Å². The number of hydrogen-bond acceptors (Lipinski definition) is 3. The van der Waals surface area contributed by atoms with Gasteiger partial charge in [0.2, 0.25) is 0 Å². The summed E-state index contributed by atoms with van der Waals surface area (Å²) in [6.07, 6.45) is 0. The zero-order valence-corrected chi connectivity index (χ0v) is 13.8. The summed E-state index contributed by atoms with van der Waals surface area (Å²) in [6.45, 7) is 1.82. The van der Waals surface area contributed by atoms with Crippen molar-refractivity contribution in [3.05, 3.63) is 65.5 Å². The minimum Gasteiger partial charge on any atom is -0.373 e. The zero-order chi connectivity index (χ0) is 16.9. The van der Waals surface area contributed by atoms with Gasteiger partial charge in [0, 0.05) is 30.5 Å². The van der Waals surface area contributed by atoms with E-state index in [1.54, 1.807) is 31.2 Å².